The minimum atomic E-state index is -0.112. The van der Waals surface area contributed by atoms with Gasteiger partial charge in [0.1, 0.15) is 0 Å². The van der Waals surface area contributed by atoms with Crippen LogP contribution in [0.25, 0.3) is 0 Å². The summed E-state index contributed by atoms with van der Waals surface area (Å²) in [5.41, 5.74) is -0.110. The average molecular weight is 229 g/mol. The van der Waals surface area contributed by atoms with Crippen molar-refractivity contribution in [3.63, 3.8) is 0 Å². The predicted molar refractivity (Wildman–Crippen MR) is 62.3 cm³/mol. The molecule has 94 valence electrons. The second kappa shape index (κ2) is 5.64. The van der Waals surface area contributed by atoms with Gasteiger partial charge in [0.05, 0.1) is 25.2 Å². The summed E-state index contributed by atoms with van der Waals surface area (Å²) in [5.74, 6) is -0.112. The van der Waals surface area contributed by atoms with E-state index in [1.165, 1.54) is 0 Å². The molecule has 0 amide bonds. The maximum atomic E-state index is 11.4. The summed E-state index contributed by atoms with van der Waals surface area (Å²) in [7, 11) is 0. The molecule has 0 radical (unpaired) electrons. The van der Waals surface area contributed by atoms with Crippen LogP contribution in [0.5, 0.6) is 0 Å². The van der Waals surface area contributed by atoms with Gasteiger partial charge in [0.15, 0.2) is 0 Å². The van der Waals surface area contributed by atoms with E-state index in [9.17, 15) is 4.79 Å². The molecular weight excluding hydrogens is 206 g/mol. The Morgan fingerprint density at radius 1 is 1.56 bits per heavy atom. The van der Waals surface area contributed by atoms with Crippen LogP contribution in [0.4, 0.5) is 0 Å². The average Bonchev–Trinajstić information content (AvgIpc) is 2.16. The van der Waals surface area contributed by atoms with Crippen LogP contribution in [0.3, 0.4) is 0 Å². The number of nitrogens with zero attached hydrogens (tertiary/aromatic N) is 1. The smallest absolute Gasteiger partial charge is 0.307 e. The molecule has 1 fully saturated rings. The summed E-state index contributed by atoms with van der Waals surface area (Å²) < 4.78 is 10.6. The molecule has 0 spiro atoms. The lowest BCUT2D eigenvalue weighted by atomic mass is 10.0. The quantitative estimate of drug-likeness (QED) is 0.684. The first-order valence-electron chi connectivity index (χ1n) is 5.98. The van der Waals surface area contributed by atoms with Gasteiger partial charge in [-0.05, 0) is 27.7 Å². The number of carbonyl (C=O) groups is 1. The third-order valence-electron chi connectivity index (χ3n) is 2.85. The van der Waals surface area contributed by atoms with E-state index in [-0.39, 0.29) is 17.6 Å². The highest BCUT2D eigenvalue weighted by molar-refractivity contribution is 5.70. The minimum absolute atomic E-state index is 0.110. The van der Waals surface area contributed by atoms with Crippen molar-refractivity contribution in [2.24, 2.45) is 0 Å². The van der Waals surface area contributed by atoms with Crippen LogP contribution < -0.4 is 0 Å². The molecule has 1 aliphatic rings. The zero-order chi connectivity index (χ0) is 12.2. The summed E-state index contributed by atoms with van der Waals surface area (Å²) >= 11 is 0. The highest BCUT2D eigenvalue weighted by atomic mass is 16.5. The van der Waals surface area contributed by atoms with E-state index in [0.717, 1.165) is 19.7 Å². The first-order chi connectivity index (χ1) is 7.44. The Bertz CT molecular complexity index is 240. The number of ether oxygens (including phenoxy) is 2. The Kier molecular flexibility index (Phi) is 4.74. The maximum absolute atomic E-state index is 11.4. The van der Waals surface area contributed by atoms with Crippen molar-refractivity contribution in [1.29, 1.82) is 0 Å². The first kappa shape index (κ1) is 13.5. The molecule has 0 N–H and O–H groups in total. The van der Waals surface area contributed by atoms with Crippen LogP contribution in [0.1, 0.15) is 34.1 Å². The highest BCUT2D eigenvalue weighted by Gasteiger charge is 2.30. The highest BCUT2D eigenvalue weighted by Crippen LogP contribution is 2.19. The van der Waals surface area contributed by atoms with Crippen molar-refractivity contribution in [3.8, 4) is 0 Å². The molecule has 4 nitrogen and oxygen atoms in total. The number of hydrogen-bond acceptors (Lipinski definition) is 4. The van der Waals surface area contributed by atoms with Crippen molar-refractivity contribution >= 4 is 5.97 Å². The number of hydrogen-bond donors (Lipinski definition) is 0. The number of rotatable bonds is 4. The van der Waals surface area contributed by atoms with Crippen molar-refractivity contribution in [2.75, 3.05) is 26.3 Å². The third kappa shape index (κ3) is 4.10. The van der Waals surface area contributed by atoms with Crippen LogP contribution >= 0.6 is 0 Å². The van der Waals surface area contributed by atoms with Gasteiger partial charge in [0, 0.05) is 19.1 Å². The van der Waals surface area contributed by atoms with Gasteiger partial charge in [0.2, 0.25) is 0 Å². The summed E-state index contributed by atoms with van der Waals surface area (Å²) in [5, 5.41) is 0. The van der Waals surface area contributed by atoms with Crippen molar-refractivity contribution in [1.82, 2.24) is 4.90 Å². The summed E-state index contributed by atoms with van der Waals surface area (Å²) in [6.07, 6.45) is 0.462. The molecule has 16 heavy (non-hydrogen) atoms. The van der Waals surface area contributed by atoms with Crippen molar-refractivity contribution in [2.45, 2.75) is 45.8 Å². The van der Waals surface area contributed by atoms with Gasteiger partial charge in [-0.3, -0.25) is 9.69 Å². The van der Waals surface area contributed by atoms with Crippen LogP contribution in [-0.2, 0) is 14.3 Å². The second-order valence-electron chi connectivity index (χ2n) is 4.94. The molecule has 1 aliphatic heterocycles. The van der Waals surface area contributed by atoms with Crippen LogP contribution in [0.15, 0.2) is 0 Å². The van der Waals surface area contributed by atoms with Gasteiger partial charge >= 0.3 is 5.97 Å². The standard InChI is InChI=1S/C12H23NO3/c1-5-15-11(14)8-10(2)13-6-7-16-12(3,4)9-13/h10H,5-9H2,1-4H3. The van der Waals surface area contributed by atoms with Gasteiger partial charge in [-0.1, -0.05) is 0 Å². The fraction of sp³-hybridized carbons (Fsp3) is 0.917. The Morgan fingerprint density at radius 3 is 2.81 bits per heavy atom. The molecule has 1 unspecified atom stereocenters. The van der Waals surface area contributed by atoms with Crippen molar-refractivity contribution < 1.29 is 14.3 Å². The molecule has 4 heteroatoms. The fourth-order valence-corrected chi connectivity index (χ4v) is 2.02. The third-order valence-corrected chi connectivity index (χ3v) is 2.85. The summed E-state index contributed by atoms with van der Waals surface area (Å²) in [6, 6.07) is 0.224. The lowest BCUT2D eigenvalue weighted by Gasteiger charge is -2.40. The number of morpholine rings is 1. The van der Waals surface area contributed by atoms with E-state index in [0.29, 0.717) is 13.0 Å². The SMILES string of the molecule is CCOC(=O)CC(C)N1CCOC(C)(C)C1. The molecule has 0 aliphatic carbocycles. The Hall–Kier alpha value is -0.610. The van der Waals surface area contributed by atoms with Crippen LogP contribution in [0, 0.1) is 0 Å². The zero-order valence-corrected chi connectivity index (χ0v) is 10.8. The van der Waals surface area contributed by atoms with Crippen LogP contribution in [-0.4, -0.2) is 48.8 Å². The monoisotopic (exact) mass is 229 g/mol. The molecule has 1 heterocycles. The molecule has 1 atom stereocenters. The van der Waals surface area contributed by atoms with Gasteiger partial charge < -0.3 is 9.47 Å². The molecule has 0 bridgehead atoms. The van der Waals surface area contributed by atoms with E-state index in [1.54, 1.807) is 0 Å². The summed E-state index contributed by atoms with van der Waals surface area (Å²) in [4.78, 5) is 13.7. The lowest BCUT2D eigenvalue weighted by Crippen LogP contribution is -2.51. The van der Waals surface area contributed by atoms with E-state index in [2.05, 4.69) is 25.7 Å². The van der Waals surface area contributed by atoms with E-state index < -0.39 is 0 Å². The second-order valence-corrected chi connectivity index (χ2v) is 4.94. The van der Waals surface area contributed by atoms with E-state index >= 15 is 0 Å². The normalized spacial score (nSPS) is 22.8. The topological polar surface area (TPSA) is 38.8 Å². The maximum Gasteiger partial charge on any atom is 0.307 e. The van der Waals surface area contributed by atoms with E-state index in [1.807, 2.05) is 6.92 Å². The molecule has 0 aromatic carbocycles. The molecular formula is C12H23NO3. The zero-order valence-electron chi connectivity index (χ0n) is 10.8. The fourth-order valence-electron chi connectivity index (χ4n) is 2.02. The van der Waals surface area contributed by atoms with Gasteiger partial charge in [-0.25, -0.2) is 0 Å². The van der Waals surface area contributed by atoms with Crippen LogP contribution in [0.2, 0.25) is 0 Å². The molecule has 0 saturated carbocycles. The van der Waals surface area contributed by atoms with Gasteiger partial charge in [-0.2, -0.15) is 0 Å². The molecule has 1 rings (SSSR count). The Balaban J connectivity index is 2.41. The predicted octanol–water partition coefficient (Wildman–Crippen LogP) is 1.44. The largest absolute Gasteiger partial charge is 0.466 e. The number of esters is 1. The number of carbonyl (C=O) groups excluding carboxylic acids is 1. The molecule has 1 saturated heterocycles. The Morgan fingerprint density at radius 2 is 2.25 bits per heavy atom. The summed E-state index contributed by atoms with van der Waals surface area (Å²) in [6.45, 7) is 11.0. The van der Waals surface area contributed by atoms with Gasteiger partial charge in [-0.15, -0.1) is 0 Å². The van der Waals surface area contributed by atoms with Gasteiger partial charge in [0.25, 0.3) is 0 Å². The van der Waals surface area contributed by atoms with E-state index in [4.69, 9.17) is 9.47 Å². The Labute approximate surface area is 97.9 Å². The first-order valence-corrected chi connectivity index (χ1v) is 5.98. The van der Waals surface area contributed by atoms with Crippen molar-refractivity contribution in [3.05, 3.63) is 0 Å². The molecule has 0 aromatic rings. The molecule has 0 aromatic heterocycles. The minimum Gasteiger partial charge on any atom is -0.466 e. The lowest BCUT2D eigenvalue weighted by molar-refractivity contribution is -0.146.